The molecule has 0 atom stereocenters. The van der Waals surface area contributed by atoms with Gasteiger partial charge in [-0.2, -0.15) is 6.07 Å². The smallest absolute Gasteiger partial charge is 0.558 e. The van der Waals surface area contributed by atoms with Crippen molar-refractivity contribution < 1.29 is 37.4 Å². The van der Waals surface area contributed by atoms with Crippen molar-refractivity contribution in [3.05, 3.63) is 37.7 Å². The Hall–Kier alpha value is -0.116. The predicted molar refractivity (Wildman–Crippen MR) is 67.4 cm³/mol. The van der Waals surface area contributed by atoms with Crippen LogP contribution in [0.25, 0.3) is 0 Å². The van der Waals surface area contributed by atoms with Crippen molar-refractivity contribution in [2.75, 3.05) is 25.5 Å². The Kier molecular flexibility index (Phi) is 9.80. The van der Waals surface area contributed by atoms with Gasteiger partial charge in [-0.15, -0.1) is 29.9 Å². The summed E-state index contributed by atoms with van der Waals surface area (Å²) in [4.78, 5) is 0. The number of fused-ring (bicyclic) bond motifs is 1. The quantitative estimate of drug-likeness (QED) is 0.821. The summed E-state index contributed by atoms with van der Waals surface area (Å²) in [6.07, 6.45) is 2.15. The first-order valence-corrected chi connectivity index (χ1v) is 5.46. The normalized spacial score (nSPS) is 12.2. The van der Waals surface area contributed by atoms with E-state index in [-0.39, 0.29) is 32.7 Å². The molecule has 1 aliphatic heterocycles. The molecule has 0 saturated heterocycles. The van der Waals surface area contributed by atoms with Crippen LogP contribution in [0.4, 0.5) is 5.69 Å². The van der Waals surface area contributed by atoms with E-state index in [1.807, 2.05) is 19.2 Å². The first kappa shape index (κ1) is 16.9. The third-order valence-electron chi connectivity index (χ3n) is 2.25. The molecule has 0 unspecified atom stereocenters. The first-order valence-electron chi connectivity index (χ1n) is 5.46. The molecule has 1 heterocycles. The van der Waals surface area contributed by atoms with Gasteiger partial charge in [0.1, 0.15) is 0 Å². The Labute approximate surface area is 130 Å². The second-order valence-corrected chi connectivity index (χ2v) is 3.45. The molecule has 3 nitrogen and oxygen atoms in total. The van der Waals surface area contributed by atoms with Crippen LogP contribution in [-0.2, 0) is 39.1 Å². The molecule has 2 N–H and O–H groups in total. The largest absolute Gasteiger partial charge is 3.00 e. The number of hydrogen-bond donors (Lipinski definition) is 2. The first-order chi connectivity index (χ1) is 7.81. The molecule has 4 heteroatoms. The molecule has 0 aliphatic carbocycles. The van der Waals surface area contributed by atoms with Crippen molar-refractivity contribution in [3.8, 4) is 5.75 Å². The van der Waals surface area contributed by atoms with Gasteiger partial charge in [0.2, 0.25) is 0 Å². The maximum absolute atomic E-state index is 5.44. The van der Waals surface area contributed by atoms with Gasteiger partial charge in [0.15, 0.2) is 0 Å². The third-order valence-corrected chi connectivity index (χ3v) is 2.25. The van der Waals surface area contributed by atoms with Crippen LogP contribution in [0.1, 0.15) is 12.0 Å². The maximum atomic E-state index is 5.44. The summed E-state index contributed by atoms with van der Waals surface area (Å²) in [7, 11) is 5.45. The zero-order valence-corrected chi connectivity index (χ0v) is 13.2. The number of anilines is 1. The van der Waals surface area contributed by atoms with Crippen LogP contribution < -0.4 is 15.4 Å². The Morgan fingerprint density at radius 1 is 1.47 bits per heavy atom. The average Bonchev–Trinajstić information content (AvgIpc) is 2.38. The van der Waals surface area contributed by atoms with Crippen molar-refractivity contribution in [1.82, 2.24) is 5.32 Å². The van der Waals surface area contributed by atoms with Gasteiger partial charge in [-0.25, -0.2) is 0 Å². The van der Waals surface area contributed by atoms with Crippen LogP contribution in [0.3, 0.4) is 0 Å². The number of hydrogen-bond acceptors (Lipinski definition) is 3. The molecule has 1 aliphatic rings. The van der Waals surface area contributed by atoms with E-state index in [9.17, 15) is 0 Å². The molecular formula is C13H19N2OY. The summed E-state index contributed by atoms with van der Waals surface area (Å²) in [5.74, 6) is 0.972. The number of ether oxygens (including phenoxy) is 1. The van der Waals surface area contributed by atoms with Gasteiger partial charge >= 0.3 is 32.7 Å². The Bertz CT molecular complexity index is 316. The van der Waals surface area contributed by atoms with Crippen LogP contribution in [0, 0.1) is 20.0 Å². The van der Waals surface area contributed by atoms with Gasteiger partial charge in [-0.1, -0.05) is 0 Å². The third kappa shape index (κ3) is 5.85. The molecule has 0 aromatic heterocycles. The van der Waals surface area contributed by atoms with Gasteiger partial charge in [-0.05, 0) is 19.9 Å². The zero-order valence-electron chi connectivity index (χ0n) is 10.4. The zero-order chi connectivity index (χ0) is 11.8. The second kappa shape index (κ2) is 9.87. The Morgan fingerprint density at radius 2 is 2.18 bits per heavy atom. The molecule has 0 saturated carbocycles. The SMILES string of the molecule is [CH2-]CNC.[CH2-]Nc1[c-]c2c(cc1)OCCC2.[Y+3]. The Morgan fingerprint density at radius 3 is 2.76 bits per heavy atom. The molecule has 90 valence electrons. The number of aryl methyl sites for hydroxylation is 1. The predicted octanol–water partition coefficient (Wildman–Crippen LogP) is 2.05. The average molecular weight is 308 g/mol. The summed E-state index contributed by atoms with van der Waals surface area (Å²) in [6, 6.07) is 7.11. The van der Waals surface area contributed by atoms with E-state index in [2.05, 4.69) is 30.7 Å². The van der Waals surface area contributed by atoms with E-state index < -0.39 is 0 Å². The van der Waals surface area contributed by atoms with Crippen molar-refractivity contribution in [1.29, 1.82) is 0 Å². The Balaban J connectivity index is 0.000000453. The topological polar surface area (TPSA) is 33.3 Å². The molecule has 0 amide bonds. The van der Waals surface area contributed by atoms with Crippen LogP contribution >= 0.6 is 0 Å². The molecule has 0 spiro atoms. The minimum Gasteiger partial charge on any atom is -0.558 e. The fraction of sp³-hybridized carbons (Fsp3) is 0.385. The van der Waals surface area contributed by atoms with Gasteiger partial charge in [-0.3, -0.25) is 7.05 Å². The standard InChI is InChI=1S/C10H11NO.C3H8N.Y/c1-11-9-4-5-10-8(7-9)3-2-6-12-10;1-3-4-2;/h4-5,11H,1-3,6H2;4H,1,3H2,2H3;/q-2;-1;+3. The van der Waals surface area contributed by atoms with Gasteiger partial charge in [0.05, 0.1) is 6.61 Å². The minimum absolute atomic E-state index is 0. The molecule has 2 rings (SSSR count). The summed E-state index contributed by atoms with van der Waals surface area (Å²) < 4.78 is 5.44. The minimum atomic E-state index is 0. The van der Waals surface area contributed by atoms with E-state index in [4.69, 9.17) is 4.74 Å². The van der Waals surface area contributed by atoms with Crippen molar-refractivity contribution >= 4 is 5.69 Å². The van der Waals surface area contributed by atoms with Crippen LogP contribution in [0.15, 0.2) is 12.1 Å². The van der Waals surface area contributed by atoms with E-state index in [0.29, 0.717) is 0 Å². The molecule has 17 heavy (non-hydrogen) atoms. The summed E-state index contributed by atoms with van der Waals surface area (Å²) >= 11 is 0. The van der Waals surface area contributed by atoms with E-state index in [0.717, 1.165) is 43.0 Å². The number of nitrogens with one attached hydrogen (secondary N) is 2. The molecule has 0 radical (unpaired) electrons. The second-order valence-electron chi connectivity index (χ2n) is 3.45. The number of benzene rings is 1. The van der Waals surface area contributed by atoms with Crippen LogP contribution in [-0.4, -0.2) is 20.2 Å². The van der Waals surface area contributed by atoms with E-state index in [1.54, 1.807) is 0 Å². The molecule has 1 aromatic carbocycles. The van der Waals surface area contributed by atoms with Gasteiger partial charge in [0.25, 0.3) is 0 Å². The van der Waals surface area contributed by atoms with Crippen molar-refractivity contribution in [2.45, 2.75) is 12.8 Å². The van der Waals surface area contributed by atoms with Gasteiger partial charge in [0, 0.05) is 5.75 Å². The summed E-state index contributed by atoms with van der Waals surface area (Å²) in [5, 5.41) is 5.64. The van der Waals surface area contributed by atoms with Crippen LogP contribution in [0.2, 0.25) is 0 Å². The molecule has 1 aromatic rings. The van der Waals surface area contributed by atoms with Gasteiger partial charge < -0.3 is 22.3 Å². The summed E-state index contributed by atoms with van der Waals surface area (Å²) in [6.45, 7) is 5.14. The van der Waals surface area contributed by atoms with Crippen molar-refractivity contribution in [2.24, 2.45) is 0 Å². The van der Waals surface area contributed by atoms with Crippen LogP contribution in [0.5, 0.6) is 5.75 Å². The van der Waals surface area contributed by atoms with E-state index >= 15 is 0 Å². The summed E-state index contributed by atoms with van der Waals surface area (Å²) in [5.41, 5.74) is 2.09. The monoisotopic (exact) mass is 308 g/mol. The molecular weight excluding hydrogens is 289 g/mol. The number of rotatable bonds is 2. The van der Waals surface area contributed by atoms with Crippen molar-refractivity contribution in [3.63, 3.8) is 0 Å². The molecule has 0 bridgehead atoms. The fourth-order valence-electron chi connectivity index (χ4n) is 1.38. The molecule has 0 fully saturated rings. The van der Waals surface area contributed by atoms with E-state index in [1.165, 1.54) is 0 Å². The fourth-order valence-corrected chi connectivity index (χ4v) is 1.38. The maximum Gasteiger partial charge on any atom is 3.00 e.